The number of aliphatic hydroxyl groups excluding tert-OH is 1. The molecule has 0 bridgehead atoms. The minimum Gasteiger partial charge on any atom is -0.382 e. The first-order valence-corrected chi connectivity index (χ1v) is 8.90. The standard InChI is InChI=1S/C19H20ClF3N2O/c20-16-6-4-14(5-7-16)18(26)13-24-8-10-25(11-9-24)17-3-1-2-15(12-17)19(21,22)23/h1-7,12,18,26H,8-11,13H2/p+1/t18-/m0/s1. The number of nitrogens with one attached hydrogen (secondary N) is 1. The fraction of sp³-hybridized carbons (Fsp3) is 0.368. The summed E-state index contributed by atoms with van der Waals surface area (Å²) in [7, 11) is 0. The van der Waals surface area contributed by atoms with E-state index in [1.165, 1.54) is 17.0 Å². The second-order valence-electron chi connectivity index (χ2n) is 6.56. The van der Waals surface area contributed by atoms with Crippen LogP contribution in [0.3, 0.4) is 0 Å². The van der Waals surface area contributed by atoms with E-state index in [0.29, 0.717) is 30.3 Å². The molecule has 1 atom stereocenters. The van der Waals surface area contributed by atoms with E-state index in [1.54, 1.807) is 18.2 Å². The maximum atomic E-state index is 12.9. The molecule has 1 aliphatic rings. The third-order valence-electron chi connectivity index (χ3n) is 4.75. The summed E-state index contributed by atoms with van der Waals surface area (Å²) in [6, 6.07) is 12.6. The molecule has 2 N–H and O–H groups in total. The topological polar surface area (TPSA) is 27.9 Å². The Labute approximate surface area is 155 Å². The van der Waals surface area contributed by atoms with Gasteiger partial charge in [0.2, 0.25) is 0 Å². The number of aliphatic hydroxyl groups is 1. The van der Waals surface area contributed by atoms with Crippen LogP contribution in [0.4, 0.5) is 18.9 Å². The normalized spacial score (nSPS) is 17.3. The van der Waals surface area contributed by atoms with Gasteiger partial charge in [0.05, 0.1) is 31.7 Å². The summed E-state index contributed by atoms with van der Waals surface area (Å²) in [5, 5.41) is 11.0. The van der Waals surface area contributed by atoms with Gasteiger partial charge in [-0.25, -0.2) is 0 Å². The number of halogens is 4. The van der Waals surface area contributed by atoms with E-state index < -0.39 is 17.8 Å². The number of piperazine rings is 1. The van der Waals surface area contributed by atoms with Crippen molar-refractivity contribution in [2.24, 2.45) is 0 Å². The minimum absolute atomic E-state index is 0.568. The zero-order valence-corrected chi connectivity index (χ0v) is 14.9. The van der Waals surface area contributed by atoms with Gasteiger partial charge in [0.15, 0.2) is 0 Å². The van der Waals surface area contributed by atoms with Crippen LogP contribution in [0.5, 0.6) is 0 Å². The van der Waals surface area contributed by atoms with Crippen molar-refractivity contribution >= 4 is 17.3 Å². The SMILES string of the molecule is O[C@@H](C[NH+]1CCN(c2cccc(C(F)(F)F)c2)CC1)c1ccc(Cl)cc1. The molecule has 1 heterocycles. The average Bonchev–Trinajstić information content (AvgIpc) is 2.62. The average molecular weight is 386 g/mol. The van der Waals surface area contributed by atoms with Crippen LogP contribution < -0.4 is 9.80 Å². The van der Waals surface area contributed by atoms with Crippen molar-refractivity contribution < 1.29 is 23.2 Å². The van der Waals surface area contributed by atoms with Crippen LogP contribution in [0.1, 0.15) is 17.2 Å². The Bertz CT molecular complexity index is 728. The summed E-state index contributed by atoms with van der Waals surface area (Å²) in [5.74, 6) is 0. The lowest BCUT2D eigenvalue weighted by Crippen LogP contribution is -3.15. The summed E-state index contributed by atoms with van der Waals surface area (Å²) in [4.78, 5) is 3.20. The van der Waals surface area contributed by atoms with Crippen molar-refractivity contribution in [3.8, 4) is 0 Å². The maximum Gasteiger partial charge on any atom is 0.416 e. The van der Waals surface area contributed by atoms with E-state index in [4.69, 9.17) is 11.6 Å². The summed E-state index contributed by atoms with van der Waals surface area (Å²) >= 11 is 5.86. The second-order valence-corrected chi connectivity index (χ2v) is 6.99. The predicted molar refractivity (Wildman–Crippen MR) is 95.6 cm³/mol. The molecule has 1 saturated heterocycles. The zero-order chi connectivity index (χ0) is 18.7. The molecule has 0 radical (unpaired) electrons. The van der Waals surface area contributed by atoms with Crippen molar-refractivity contribution in [2.45, 2.75) is 12.3 Å². The third kappa shape index (κ3) is 4.69. The van der Waals surface area contributed by atoms with Gasteiger partial charge in [-0.2, -0.15) is 13.2 Å². The van der Waals surface area contributed by atoms with Crippen LogP contribution >= 0.6 is 11.6 Å². The van der Waals surface area contributed by atoms with Gasteiger partial charge < -0.3 is 14.9 Å². The first-order chi connectivity index (χ1) is 12.3. The van der Waals surface area contributed by atoms with Crippen LogP contribution in [0.2, 0.25) is 5.02 Å². The monoisotopic (exact) mass is 385 g/mol. The molecule has 26 heavy (non-hydrogen) atoms. The summed E-state index contributed by atoms with van der Waals surface area (Å²) in [6.07, 6.45) is -4.91. The smallest absolute Gasteiger partial charge is 0.382 e. The highest BCUT2D eigenvalue weighted by Gasteiger charge is 2.31. The maximum absolute atomic E-state index is 12.9. The molecule has 2 aromatic rings. The molecule has 0 aromatic heterocycles. The van der Waals surface area contributed by atoms with Crippen molar-refractivity contribution in [1.29, 1.82) is 0 Å². The van der Waals surface area contributed by atoms with Gasteiger partial charge in [0.25, 0.3) is 0 Å². The Kier molecular flexibility index (Phi) is 5.75. The Morgan fingerprint density at radius 3 is 2.35 bits per heavy atom. The number of quaternary nitrogens is 1. The number of hydrogen-bond acceptors (Lipinski definition) is 2. The zero-order valence-electron chi connectivity index (χ0n) is 14.1. The molecule has 0 amide bonds. The van der Waals surface area contributed by atoms with Crippen LogP contribution in [-0.4, -0.2) is 37.8 Å². The Balaban J connectivity index is 1.57. The lowest BCUT2D eigenvalue weighted by molar-refractivity contribution is -0.904. The van der Waals surface area contributed by atoms with E-state index in [2.05, 4.69) is 0 Å². The van der Waals surface area contributed by atoms with Gasteiger partial charge in [-0.1, -0.05) is 29.8 Å². The van der Waals surface area contributed by atoms with Crippen molar-refractivity contribution in [3.05, 3.63) is 64.7 Å². The number of anilines is 1. The van der Waals surface area contributed by atoms with E-state index in [0.717, 1.165) is 24.7 Å². The highest BCUT2D eigenvalue weighted by molar-refractivity contribution is 6.30. The van der Waals surface area contributed by atoms with Crippen LogP contribution in [-0.2, 0) is 6.18 Å². The Morgan fingerprint density at radius 2 is 1.73 bits per heavy atom. The fourth-order valence-electron chi connectivity index (χ4n) is 3.24. The molecule has 1 aliphatic heterocycles. The molecular formula is C19H21ClF3N2O+. The largest absolute Gasteiger partial charge is 0.416 e. The highest BCUT2D eigenvalue weighted by Crippen LogP contribution is 2.31. The lowest BCUT2D eigenvalue weighted by Gasteiger charge is -2.34. The lowest BCUT2D eigenvalue weighted by atomic mass is 10.1. The predicted octanol–water partition coefficient (Wildman–Crippen LogP) is 2.80. The fourth-order valence-corrected chi connectivity index (χ4v) is 3.37. The van der Waals surface area contributed by atoms with Gasteiger partial charge in [-0.15, -0.1) is 0 Å². The van der Waals surface area contributed by atoms with Crippen LogP contribution in [0.15, 0.2) is 48.5 Å². The first kappa shape index (κ1) is 19.0. The van der Waals surface area contributed by atoms with Gasteiger partial charge in [0.1, 0.15) is 12.6 Å². The number of hydrogen-bond donors (Lipinski definition) is 2. The molecular weight excluding hydrogens is 365 g/mol. The number of benzene rings is 2. The summed E-state index contributed by atoms with van der Waals surface area (Å²) in [5.41, 5.74) is 0.794. The van der Waals surface area contributed by atoms with Gasteiger partial charge >= 0.3 is 6.18 Å². The van der Waals surface area contributed by atoms with Crippen molar-refractivity contribution in [2.75, 3.05) is 37.6 Å². The Hall–Kier alpha value is -1.76. The third-order valence-corrected chi connectivity index (χ3v) is 5.00. The first-order valence-electron chi connectivity index (χ1n) is 8.52. The second kappa shape index (κ2) is 7.86. The quantitative estimate of drug-likeness (QED) is 0.847. The molecule has 3 nitrogen and oxygen atoms in total. The van der Waals surface area contributed by atoms with Crippen LogP contribution in [0.25, 0.3) is 0 Å². The molecule has 7 heteroatoms. The van der Waals surface area contributed by atoms with Crippen molar-refractivity contribution in [1.82, 2.24) is 0 Å². The van der Waals surface area contributed by atoms with Crippen molar-refractivity contribution in [3.63, 3.8) is 0 Å². The van der Waals surface area contributed by atoms with E-state index in [1.807, 2.05) is 17.0 Å². The van der Waals surface area contributed by atoms with Gasteiger partial charge in [-0.3, -0.25) is 0 Å². The molecule has 3 rings (SSSR count). The van der Waals surface area contributed by atoms with E-state index in [9.17, 15) is 18.3 Å². The molecule has 2 aromatic carbocycles. The number of rotatable bonds is 4. The van der Waals surface area contributed by atoms with Gasteiger partial charge in [0, 0.05) is 10.7 Å². The molecule has 140 valence electrons. The van der Waals surface area contributed by atoms with Crippen LogP contribution in [0, 0.1) is 0 Å². The van der Waals surface area contributed by atoms with Gasteiger partial charge in [-0.05, 0) is 35.9 Å². The summed E-state index contributed by atoms with van der Waals surface area (Å²) in [6.45, 7) is 3.41. The molecule has 1 fully saturated rings. The number of alkyl halides is 3. The van der Waals surface area contributed by atoms with E-state index in [-0.39, 0.29) is 0 Å². The highest BCUT2D eigenvalue weighted by atomic mass is 35.5. The summed E-state index contributed by atoms with van der Waals surface area (Å²) < 4.78 is 38.6. The minimum atomic E-state index is -4.33. The van der Waals surface area contributed by atoms with E-state index >= 15 is 0 Å². The number of nitrogens with zero attached hydrogens (tertiary/aromatic N) is 1. The molecule has 0 spiro atoms. The molecule has 0 saturated carbocycles. The Morgan fingerprint density at radius 1 is 1.08 bits per heavy atom. The molecule has 0 unspecified atom stereocenters. The molecule has 0 aliphatic carbocycles.